The van der Waals surface area contributed by atoms with Crippen LogP contribution in [0.1, 0.15) is 328 Å². The maximum atomic E-state index is 13.2. The van der Waals surface area contributed by atoms with Crippen LogP contribution in [-0.2, 0) is 14.3 Å². The van der Waals surface area contributed by atoms with E-state index in [0.29, 0.717) is 12.8 Å². The molecule has 1 aliphatic rings. The van der Waals surface area contributed by atoms with Gasteiger partial charge in [0.05, 0.1) is 25.4 Å². The van der Waals surface area contributed by atoms with Crippen LogP contribution in [0.5, 0.6) is 0 Å². The summed E-state index contributed by atoms with van der Waals surface area (Å²) in [6, 6.07) is -0.734. The zero-order valence-corrected chi connectivity index (χ0v) is 58.1. The molecule has 1 fully saturated rings. The van der Waals surface area contributed by atoms with Crippen molar-refractivity contribution in [2.45, 2.75) is 371 Å². The smallest absolute Gasteiger partial charge is 0.220 e. The van der Waals surface area contributed by atoms with E-state index in [1.807, 2.05) is 0 Å². The van der Waals surface area contributed by atoms with E-state index < -0.39 is 49.5 Å². The molecule has 90 heavy (non-hydrogen) atoms. The van der Waals surface area contributed by atoms with Gasteiger partial charge in [0.1, 0.15) is 24.4 Å². The van der Waals surface area contributed by atoms with E-state index in [1.165, 1.54) is 186 Å². The minimum absolute atomic E-state index is 0.146. The quantitative estimate of drug-likeness (QED) is 0.0261. The molecule has 1 heterocycles. The van der Waals surface area contributed by atoms with Crippen molar-refractivity contribution in [3.05, 3.63) is 122 Å². The van der Waals surface area contributed by atoms with Crippen molar-refractivity contribution >= 4 is 5.91 Å². The molecule has 1 aliphatic heterocycles. The molecule has 0 aromatic carbocycles. The predicted molar refractivity (Wildman–Crippen MR) is 387 cm³/mol. The highest BCUT2D eigenvalue weighted by Gasteiger charge is 2.44. The number of aliphatic hydroxyl groups is 5. The average Bonchev–Trinajstić information content (AvgIpc) is 2.75. The number of hydrogen-bond donors (Lipinski definition) is 6. The van der Waals surface area contributed by atoms with Crippen molar-refractivity contribution in [2.75, 3.05) is 13.2 Å². The van der Waals surface area contributed by atoms with Crippen LogP contribution in [0.2, 0.25) is 0 Å². The van der Waals surface area contributed by atoms with E-state index in [0.717, 1.165) is 116 Å². The highest BCUT2D eigenvalue weighted by molar-refractivity contribution is 5.76. The lowest BCUT2D eigenvalue weighted by molar-refractivity contribution is -0.302. The molecule has 9 nitrogen and oxygen atoms in total. The summed E-state index contributed by atoms with van der Waals surface area (Å²) in [4.78, 5) is 13.2. The number of amides is 1. The standard InChI is InChI=1S/C81H141NO8/c1-3-5-7-9-11-13-15-17-19-21-23-25-27-29-31-33-34-35-36-37-38-39-40-41-42-43-45-47-49-51-53-55-57-59-61-63-65-67-69-71-77(85)82-74(73-89-81-80(88)79(87)78(86)76(72-83)90-81)75(84)70-68-66-64-62-60-58-56-54-52-50-48-46-44-32-30-28-26-24-22-20-18-16-14-12-10-8-6-4-2/h5,7,11,13,17,19,23,25,29,31,34-35,37-38,40-41,43,45,49,51,74-76,78-81,83-84,86-88H,3-4,6,8-10,12,14-16,18,20-22,24,26-28,30,32-33,36,39,42,44,46-48,50,52-73H2,1-2H3,(H,82,85)/b7-5-,13-11-,19-17-,25-23-,31-29-,35-34-,38-37-,41-40-,45-43-,51-49-. The summed E-state index contributed by atoms with van der Waals surface area (Å²) >= 11 is 0. The first kappa shape index (κ1) is 84.6. The van der Waals surface area contributed by atoms with Crippen LogP contribution in [0, 0.1) is 0 Å². The molecule has 0 aliphatic carbocycles. The number of nitrogens with one attached hydrogen (secondary N) is 1. The third-order valence-corrected chi connectivity index (χ3v) is 17.3. The summed E-state index contributed by atoms with van der Waals surface area (Å²) in [6.07, 6.45) is 95.6. The van der Waals surface area contributed by atoms with Crippen molar-refractivity contribution in [1.82, 2.24) is 5.32 Å². The normalized spacial score (nSPS) is 18.5. The van der Waals surface area contributed by atoms with Gasteiger partial charge < -0.3 is 40.3 Å². The SMILES string of the molecule is CC/C=C\C/C=C\C/C=C\C/C=C\C/C=C\C/C=C\C/C=C\C/C=C\C/C=C\C/C=C\CCCCCCCCCCC(=O)NC(COC1OC(CO)C(O)C(O)C1O)C(O)CCCCCCCCCCCCCCCCCCCCCCCCCCCCCC. The molecule has 1 amide bonds. The van der Waals surface area contributed by atoms with Crippen LogP contribution in [0.25, 0.3) is 0 Å². The number of allylic oxidation sites excluding steroid dienone is 20. The topological polar surface area (TPSA) is 149 Å². The van der Waals surface area contributed by atoms with Crippen LogP contribution in [0.4, 0.5) is 0 Å². The van der Waals surface area contributed by atoms with E-state index >= 15 is 0 Å². The molecule has 0 aromatic heterocycles. The monoisotopic (exact) mass is 1260 g/mol. The van der Waals surface area contributed by atoms with Crippen LogP contribution < -0.4 is 5.32 Å². The number of hydrogen-bond acceptors (Lipinski definition) is 8. The molecule has 0 saturated carbocycles. The lowest BCUT2D eigenvalue weighted by atomic mass is 9.99. The summed E-state index contributed by atoms with van der Waals surface area (Å²) in [5.41, 5.74) is 0. The van der Waals surface area contributed by atoms with Gasteiger partial charge in [-0.1, -0.05) is 354 Å². The van der Waals surface area contributed by atoms with Gasteiger partial charge in [0.2, 0.25) is 5.91 Å². The number of ether oxygens (including phenoxy) is 2. The van der Waals surface area contributed by atoms with E-state index in [9.17, 15) is 30.3 Å². The van der Waals surface area contributed by atoms with Crippen LogP contribution in [0.15, 0.2) is 122 Å². The fourth-order valence-electron chi connectivity index (χ4n) is 11.5. The molecule has 6 N–H and O–H groups in total. The highest BCUT2D eigenvalue weighted by atomic mass is 16.7. The molecule has 7 atom stereocenters. The third kappa shape index (κ3) is 56.2. The molecular formula is C81H141NO8. The Morgan fingerprint density at radius 3 is 1.02 bits per heavy atom. The van der Waals surface area contributed by atoms with Gasteiger partial charge in [-0.25, -0.2) is 0 Å². The molecule has 518 valence electrons. The zero-order chi connectivity index (χ0) is 64.9. The van der Waals surface area contributed by atoms with E-state index in [2.05, 4.69) is 141 Å². The van der Waals surface area contributed by atoms with Crippen molar-refractivity contribution in [3.63, 3.8) is 0 Å². The Labute approximate surface area is 554 Å². The molecule has 0 aromatic rings. The van der Waals surface area contributed by atoms with Crippen molar-refractivity contribution in [3.8, 4) is 0 Å². The van der Waals surface area contributed by atoms with Gasteiger partial charge in [-0.2, -0.15) is 0 Å². The second-order valence-corrected chi connectivity index (χ2v) is 25.7. The molecule has 1 saturated heterocycles. The fourth-order valence-corrected chi connectivity index (χ4v) is 11.5. The first-order chi connectivity index (χ1) is 44.3. The van der Waals surface area contributed by atoms with Gasteiger partial charge in [-0.15, -0.1) is 0 Å². The first-order valence-electron chi connectivity index (χ1n) is 37.7. The van der Waals surface area contributed by atoms with Crippen LogP contribution in [0.3, 0.4) is 0 Å². The fraction of sp³-hybridized carbons (Fsp3) is 0.741. The lowest BCUT2D eigenvalue weighted by Gasteiger charge is -2.40. The maximum Gasteiger partial charge on any atom is 0.220 e. The first-order valence-corrected chi connectivity index (χ1v) is 37.7. The summed E-state index contributed by atoms with van der Waals surface area (Å²) in [7, 11) is 0. The van der Waals surface area contributed by atoms with Crippen molar-refractivity contribution in [2.24, 2.45) is 0 Å². The molecule has 0 radical (unpaired) electrons. The summed E-state index contributed by atoms with van der Waals surface area (Å²) < 4.78 is 11.4. The van der Waals surface area contributed by atoms with Crippen LogP contribution >= 0.6 is 0 Å². The van der Waals surface area contributed by atoms with E-state index in [-0.39, 0.29) is 12.5 Å². The summed E-state index contributed by atoms with van der Waals surface area (Å²) in [5.74, 6) is -0.153. The molecule has 7 unspecified atom stereocenters. The van der Waals surface area contributed by atoms with E-state index in [1.54, 1.807) is 0 Å². The molecule has 1 rings (SSSR count). The summed E-state index contributed by atoms with van der Waals surface area (Å²) in [6.45, 7) is 3.75. The Bertz CT molecular complexity index is 1840. The zero-order valence-electron chi connectivity index (χ0n) is 58.1. The molecule has 9 heteroatoms. The predicted octanol–water partition coefficient (Wildman–Crippen LogP) is 21.4. The number of unbranched alkanes of at least 4 members (excludes halogenated alkanes) is 35. The minimum atomic E-state index is -1.56. The second-order valence-electron chi connectivity index (χ2n) is 25.7. The van der Waals surface area contributed by atoms with Crippen molar-refractivity contribution < 1.29 is 39.8 Å². The molecular weight excluding hydrogens is 1110 g/mol. The van der Waals surface area contributed by atoms with Gasteiger partial charge in [0.15, 0.2) is 6.29 Å². The van der Waals surface area contributed by atoms with Gasteiger partial charge in [0, 0.05) is 6.42 Å². The number of aliphatic hydroxyl groups excluding tert-OH is 5. The van der Waals surface area contributed by atoms with Gasteiger partial charge >= 0.3 is 0 Å². The van der Waals surface area contributed by atoms with Crippen molar-refractivity contribution in [1.29, 1.82) is 0 Å². The third-order valence-electron chi connectivity index (χ3n) is 17.3. The minimum Gasteiger partial charge on any atom is -0.394 e. The lowest BCUT2D eigenvalue weighted by Crippen LogP contribution is -2.60. The van der Waals surface area contributed by atoms with Gasteiger partial charge in [-0.3, -0.25) is 4.79 Å². The van der Waals surface area contributed by atoms with Crippen LogP contribution in [-0.4, -0.2) is 87.5 Å². The summed E-state index contributed by atoms with van der Waals surface area (Å²) in [5, 5.41) is 55.0. The van der Waals surface area contributed by atoms with E-state index in [4.69, 9.17) is 9.47 Å². The maximum absolute atomic E-state index is 13.2. The van der Waals surface area contributed by atoms with Gasteiger partial charge in [-0.05, 0) is 89.9 Å². The average molecular weight is 1260 g/mol. The Kier molecular flexibility index (Phi) is 64.3. The Morgan fingerprint density at radius 1 is 0.389 bits per heavy atom. The number of carbonyl (C=O) groups is 1. The number of rotatable bonds is 65. The largest absolute Gasteiger partial charge is 0.394 e. The Balaban J connectivity index is 2.13. The highest BCUT2D eigenvalue weighted by Crippen LogP contribution is 2.24. The Hall–Kier alpha value is -3.41. The van der Waals surface area contributed by atoms with Gasteiger partial charge in [0.25, 0.3) is 0 Å². The number of carbonyl (C=O) groups excluding carboxylic acids is 1. The second kappa shape index (κ2) is 68.4. The molecule has 0 spiro atoms. The Morgan fingerprint density at radius 2 is 0.689 bits per heavy atom. The molecule has 0 bridgehead atoms.